The van der Waals surface area contributed by atoms with Crippen molar-refractivity contribution in [1.82, 2.24) is 5.32 Å². The average molecular weight is 231 g/mol. The lowest BCUT2D eigenvalue weighted by atomic mass is 10.1. The molecule has 4 heteroatoms. The van der Waals surface area contributed by atoms with Crippen LogP contribution in [-0.4, -0.2) is 51.2 Å². The maximum absolute atomic E-state index is 9.60. The molecule has 0 radical (unpaired) electrons. The van der Waals surface area contributed by atoms with Crippen LogP contribution in [0.5, 0.6) is 0 Å². The minimum Gasteiger partial charge on any atom is -0.393 e. The van der Waals surface area contributed by atoms with E-state index in [9.17, 15) is 5.11 Å². The molecule has 0 heterocycles. The van der Waals surface area contributed by atoms with Gasteiger partial charge >= 0.3 is 0 Å². The van der Waals surface area contributed by atoms with Gasteiger partial charge in [-0.2, -0.15) is 0 Å². The average Bonchev–Trinajstić information content (AvgIpc) is 2.68. The number of ether oxygens (including phenoxy) is 2. The number of rotatable bonds is 9. The Bertz CT molecular complexity index is 166. The molecule has 1 aliphatic rings. The normalized spacial score (nSPS) is 25.1. The molecule has 1 fully saturated rings. The number of nitrogens with one attached hydrogen (secondary N) is 1. The smallest absolute Gasteiger partial charge is 0.0590 e. The van der Waals surface area contributed by atoms with Gasteiger partial charge in [0.05, 0.1) is 12.7 Å². The zero-order valence-corrected chi connectivity index (χ0v) is 10.3. The second kappa shape index (κ2) is 8.93. The molecule has 0 aromatic heterocycles. The summed E-state index contributed by atoms with van der Waals surface area (Å²) in [4.78, 5) is 0. The molecule has 2 unspecified atom stereocenters. The standard InChI is InChI=1S/C12H25NO3/c1-15-7-3-8-16-9-6-13-10-11-4-2-5-12(11)14/h11-14H,2-10H2,1H3. The van der Waals surface area contributed by atoms with Crippen molar-refractivity contribution < 1.29 is 14.6 Å². The predicted molar refractivity (Wildman–Crippen MR) is 63.5 cm³/mol. The van der Waals surface area contributed by atoms with Gasteiger partial charge in [0.2, 0.25) is 0 Å². The second-order valence-corrected chi connectivity index (χ2v) is 4.42. The fourth-order valence-corrected chi connectivity index (χ4v) is 2.09. The molecule has 2 atom stereocenters. The number of aliphatic hydroxyl groups is 1. The summed E-state index contributed by atoms with van der Waals surface area (Å²) in [5.41, 5.74) is 0. The first-order valence-electron chi connectivity index (χ1n) is 6.30. The van der Waals surface area contributed by atoms with Crippen LogP contribution in [0.4, 0.5) is 0 Å². The number of aliphatic hydroxyl groups excluding tert-OH is 1. The van der Waals surface area contributed by atoms with E-state index in [1.54, 1.807) is 7.11 Å². The van der Waals surface area contributed by atoms with Gasteiger partial charge < -0.3 is 19.9 Å². The highest BCUT2D eigenvalue weighted by atomic mass is 16.5. The molecule has 4 nitrogen and oxygen atoms in total. The molecule has 0 aromatic carbocycles. The molecule has 0 aliphatic heterocycles. The van der Waals surface area contributed by atoms with Crippen LogP contribution < -0.4 is 5.32 Å². The summed E-state index contributed by atoms with van der Waals surface area (Å²) in [5.74, 6) is 0.452. The lowest BCUT2D eigenvalue weighted by molar-refractivity contribution is 0.100. The quantitative estimate of drug-likeness (QED) is 0.576. The van der Waals surface area contributed by atoms with Crippen molar-refractivity contribution in [2.75, 3.05) is 40.0 Å². The second-order valence-electron chi connectivity index (χ2n) is 4.42. The zero-order chi connectivity index (χ0) is 11.6. The largest absolute Gasteiger partial charge is 0.393 e. The van der Waals surface area contributed by atoms with Crippen molar-refractivity contribution in [2.24, 2.45) is 5.92 Å². The van der Waals surface area contributed by atoms with Crippen LogP contribution in [0.15, 0.2) is 0 Å². The van der Waals surface area contributed by atoms with Crippen LogP contribution in [0.2, 0.25) is 0 Å². The SMILES string of the molecule is COCCCOCCNCC1CCCC1O. The summed E-state index contributed by atoms with van der Waals surface area (Å²) in [5, 5.41) is 12.9. The van der Waals surface area contributed by atoms with Gasteiger partial charge in [-0.3, -0.25) is 0 Å². The fraction of sp³-hybridized carbons (Fsp3) is 1.00. The Kier molecular flexibility index (Phi) is 7.76. The maximum atomic E-state index is 9.60. The molecule has 0 saturated heterocycles. The minimum absolute atomic E-state index is 0.0879. The van der Waals surface area contributed by atoms with Gasteiger partial charge in [0.1, 0.15) is 0 Å². The summed E-state index contributed by atoms with van der Waals surface area (Å²) < 4.78 is 10.3. The van der Waals surface area contributed by atoms with Crippen LogP contribution in [0.25, 0.3) is 0 Å². The number of methoxy groups -OCH3 is 1. The Morgan fingerprint density at radius 3 is 2.81 bits per heavy atom. The lowest BCUT2D eigenvalue weighted by Crippen LogP contribution is -2.30. The Labute approximate surface area is 98.3 Å². The maximum Gasteiger partial charge on any atom is 0.0590 e. The van der Waals surface area contributed by atoms with E-state index >= 15 is 0 Å². The Hall–Kier alpha value is -0.160. The molecule has 0 amide bonds. The van der Waals surface area contributed by atoms with E-state index in [4.69, 9.17) is 9.47 Å². The third kappa shape index (κ3) is 5.80. The van der Waals surface area contributed by atoms with E-state index < -0.39 is 0 Å². The van der Waals surface area contributed by atoms with Crippen LogP contribution in [0, 0.1) is 5.92 Å². The molecule has 1 aliphatic carbocycles. The Balaban J connectivity index is 1.81. The molecule has 1 saturated carbocycles. The van der Waals surface area contributed by atoms with Gasteiger partial charge in [0.25, 0.3) is 0 Å². The highest BCUT2D eigenvalue weighted by molar-refractivity contribution is 4.77. The Morgan fingerprint density at radius 2 is 2.12 bits per heavy atom. The summed E-state index contributed by atoms with van der Waals surface area (Å²) in [6.45, 7) is 4.06. The topological polar surface area (TPSA) is 50.7 Å². The molecule has 0 aromatic rings. The van der Waals surface area contributed by atoms with Gasteiger partial charge in [-0.15, -0.1) is 0 Å². The van der Waals surface area contributed by atoms with Gasteiger partial charge in [-0.05, 0) is 25.2 Å². The zero-order valence-electron chi connectivity index (χ0n) is 10.3. The van der Waals surface area contributed by atoms with Crippen molar-refractivity contribution in [2.45, 2.75) is 31.8 Å². The van der Waals surface area contributed by atoms with Crippen LogP contribution in [0.3, 0.4) is 0 Å². The first kappa shape index (κ1) is 13.9. The van der Waals surface area contributed by atoms with E-state index in [2.05, 4.69) is 5.32 Å². The third-order valence-electron chi connectivity index (χ3n) is 3.09. The van der Waals surface area contributed by atoms with E-state index in [-0.39, 0.29) is 6.10 Å². The summed E-state index contributed by atoms with van der Waals surface area (Å²) in [7, 11) is 1.70. The van der Waals surface area contributed by atoms with Gasteiger partial charge in [-0.1, -0.05) is 6.42 Å². The summed E-state index contributed by atoms with van der Waals surface area (Å²) in [6.07, 6.45) is 4.16. The molecule has 16 heavy (non-hydrogen) atoms. The first-order chi connectivity index (χ1) is 7.84. The van der Waals surface area contributed by atoms with Crippen molar-refractivity contribution in [3.8, 4) is 0 Å². The van der Waals surface area contributed by atoms with Crippen molar-refractivity contribution in [3.63, 3.8) is 0 Å². The van der Waals surface area contributed by atoms with Crippen molar-refractivity contribution in [3.05, 3.63) is 0 Å². The van der Waals surface area contributed by atoms with Gasteiger partial charge in [-0.25, -0.2) is 0 Å². The van der Waals surface area contributed by atoms with E-state index in [1.807, 2.05) is 0 Å². The van der Waals surface area contributed by atoms with E-state index in [1.165, 1.54) is 6.42 Å². The van der Waals surface area contributed by atoms with Crippen LogP contribution in [-0.2, 0) is 9.47 Å². The monoisotopic (exact) mass is 231 g/mol. The molecule has 0 bridgehead atoms. The van der Waals surface area contributed by atoms with Crippen LogP contribution >= 0.6 is 0 Å². The van der Waals surface area contributed by atoms with Crippen molar-refractivity contribution >= 4 is 0 Å². The molecule has 2 N–H and O–H groups in total. The number of hydrogen-bond donors (Lipinski definition) is 2. The van der Waals surface area contributed by atoms with Gasteiger partial charge in [0.15, 0.2) is 0 Å². The molecule has 0 spiro atoms. The minimum atomic E-state index is -0.0879. The molecular formula is C12H25NO3. The van der Waals surface area contributed by atoms with E-state index in [0.717, 1.165) is 52.2 Å². The van der Waals surface area contributed by atoms with Gasteiger partial charge in [0, 0.05) is 33.4 Å². The third-order valence-corrected chi connectivity index (χ3v) is 3.09. The first-order valence-corrected chi connectivity index (χ1v) is 6.30. The molecular weight excluding hydrogens is 206 g/mol. The highest BCUT2D eigenvalue weighted by Gasteiger charge is 2.24. The molecule has 96 valence electrons. The van der Waals surface area contributed by atoms with Crippen LogP contribution in [0.1, 0.15) is 25.7 Å². The Morgan fingerprint density at radius 1 is 1.25 bits per heavy atom. The summed E-state index contributed by atoms with van der Waals surface area (Å²) in [6, 6.07) is 0. The molecule has 1 rings (SSSR count). The predicted octanol–water partition coefficient (Wildman–Crippen LogP) is 0.790. The number of hydrogen-bond acceptors (Lipinski definition) is 4. The lowest BCUT2D eigenvalue weighted by Gasteiger charge is -2.14. The van der Waals surface area contributed by atoms with E-state index in [0.29, 0.717) is 5.92 Å². The highest BCUT2D eigenvalue weighted by Crippen LogP contribution is 2.24. The van der Waals surface area contributed by atoms with Crippen molar-refractivity contribution in [1.29, 1.82) is 0 Å². The fourth-order valence-electron chi connectivity index (χ4n) is 2.09. The summed E-state index contributed by atoms with van der Waals surface area (Å²) >= 11 is 0.